The summed E-state index contributed by atoms with van der Waals surface area (Å²) in [6.45, 7) is 7.02. The molecule has 2 rings (SSSR count). The lowest BCUT2D eigenvalue weighted by atomic mass is 9.78. The highest BCUT2D eigenvalue weighted by Gasteiger charge is 2.32. The van der Waals surface area contributed by atoms with Crippen molar-refractivity contribution in [1.29, 1.82) is 0 Å². The molecule has 2 N–H and O–H groups in total. The van der Waals surface area contributed by atoms with Gasteiger partial charge in [0.05, 0.1) is 0 Å². The van der Waals surface area contributed by atoms with Crippen molar-refractivity contribution in [3.05, 3.63) is 0 Å². The van der Waals surface area contributed by atoms with Crippen molar-refractivity contribution in [2.45, 2.75) is 70.9 Å². The van der Waals surface area contributed by atoms with Crippen molar-refractivity contribution in [2.75, 3.05) is 13.1 Å². The predicted molar refractivity (Wildman–Crippen MR) is 74.0 cm³/mol. The molecule has 17 heavy (non-hydrogen) atoms. The van der Waals surface area contributed by atoms with E-state index in [-0.39, 0.29) is 0 Å². The number of hydrogen-bond donors (Lipinski definition) is 1. The molecule has 2 aliphatic rings. The maximum Gasteiger partial charge on any atom is 0.0221 e. The normalized spacial score (nSPS) is 41.1. The third-order valence-corrected chi connectivity index (χ3v) is 5.23. The lowest BCUT2D eigenvalue weighted by molar-refractivity contribution is 0.0759. The quantitative estimate of drug-likeness (QED) is 0.801. The highest BCUT2D eigenvalue weighted by molar-refractivity contribution is 4.87. The van der Waals surface area contributed by atoms with Gasteiger partial charge in [-0.3, -0.25) is 4.90 Å². The fourth-order valence-electron chi connectivity index (χ4n) is 3.75. The molecule has 0 radical (unpaired) electrons. The second-order valence-electron chi connectivity index (χ2n) is 6.40. The van der Waals surface area contributed by atoms with Crippen molar-refractivity contribution in [3.8, 4) is 0 Å². The second kappa shape index (κ2) is 6.19. The number of rotatable bonds is 2. The van der Waals surface area contributed by atoms with Gasteiger partial charge >= 0.3 is 0 Å². The summed E-state index contributed by atoms with van der Waals surface area (Å²) < 4.78 is 0. The summed E-state index contributed by atoms with van der Waals surface area (Å²) in [5.41, 5.74) is 5.99. The third kappa shape index (κ3) is 3.23. The molecule has 1 aliphatic carbocycles. The van der Waals surface area contributed by atoms with E-state index in [2.05, 4.69) is 18.7 Å². The second-order valence-corrected chi connectivity index (χ2v) is 6.40. The van der Waals surface area contributed by atoms with Gasteiger partial charge in [0.15, 0.2) is 0 Å². The first-order valence-corrected chi connectivity index (χ1v) is 7.68. The number of nitrogens with two attached hydrogens (primary N) is 1. The Bertz CT molecular complexity index is 229. The molecule has 0 bridgehead atoms. The fourth-order valence-corrected chi connectivity index (χ4v) is 3.75. The molecular weight excluding hydrogens is 208 g/mol. The van der Waals surface area contributed by atoms with Crippen LogP contribution in [0.15, 0.2) is 0 Å². The van der Waals surface area contributed by atoms with Crippen molar-refractivity contribution in [3.63, 3.8) is 0 Å². The van der Waals surface area contributed by atoms with Crippen LogP contribution in [-0.4, -0.2) is 30.1 Å². The van der Waals surface area contributed by atoms with Crippen LogP contribution in [0.3, 0.4) is 0 Å². The molecule has 0 aromatic rings. The van der Waals surface area contributed by atoms with Gasteiger partial charge in [-0.2, -0.15) is 0 Å². The molecule has 4 atom stereocenters. The molecule has 1 heterocycles. The van der Waals surface area contributed by atoms with Gasteiger partial charge < -0.3 is 5.73 Å². The summed E-state index contributed by atoms with van der Waals surface area (Å²) in [6, 6.07) is 1.50. The maximum absolute atomic E-state index is 5.99. The molecule has 100 valence electrons. The average Bonchev–Trinajstić information content (AvgIpc) is 2.57. The van der Waals surface area contributed by atoms with Gasteiger partial charge in [-0.1, -0.05) is 26.7 Å². The van der Waals surface area contributed by atoms with Gasteiger partial charge in [0.25, 0.3) is 0 Å². The van der Waals surface area contributed by atoms with Gasteiger partial charge in [0, 0.05) is 18.6 Å². The van der Waals surface area contributed by atoms with E-state index in [0.717, 1.165) is 24.4 Å². The van der Waals surface area contributed by atoms with Crippen LogP contribution in [0.5, 0.6) is 0 Å². The van der Waals surface area contributed by atoms with Crippen molar-refractivity contribution >= 4 is 0 Å². The first-order valence-electron chi connectivity index (χ1n) is 7.68. The number of likely N-dealkylation sites (tertiary alicyclic amines) is 1. The average molecular weight is 238 g/mol. The van der Waals surface area contributed by atoms with E-state index in [0.29, 0.717) is 6.04 Å². The molecule has 0 aromatic carbocycles. The summed E-state index contributed by atoms with van der Waals surface area (Å²) in [4.78, 5) is 2.77. The summed E-state index contributed by atoms with van der Waals surface area (Å²) >= 11 is 0. The van der Waals surface area contributed by atoms with Crippen LogP contribution in [0.25, 0.3) is 0 Å². The standard InChI is InChI=1S/C15H30N2/c1-12-7-8-14(10-13(12)2)17-9-5-3-4-6-15(17)11-16/h12-15H,3-11,16H2,1-2H3. The minimum atomic E-state index is 0.670. The third-order valence-electron chi connectivity index (χ3n) is 5.23. The SMILES string of the molecule is CC1CCC(N2CCCCCC2CN)CC1C. The van der Waals surface area contributed by atoms with Gasteiger partial charge in [0.2, 0.25) is 0 Å². The Morgan fingerprint density at radius 1 is 1.00 bits per heavy atom. The molecule has 1 aliphatic heterocycles. The van der Waals surface area contributed by atoms with Gasteiger partial charge in [-0.25, -0.2) is 0 Å². The van der Waals surface area contributed by atoms with E-state index in [1.807, 2.05) is 0 Å². The van der Waals surface area contributed by atoms with Gasteiger partial charge in [-0.05, 0) is 50.5 Å². The van der Waals surface area contributed by atoms with Crippen molar-refractivity contribution in [1.82, 2.24) is 4.90 Å². The Morgan fingerprint density at radius 3 is 2.53 bits per heavy atom. The summed E-state index contributed by atoms with van der Waals surface area (Å²) in [6.07, 6.45) is 9.73. The molecule has 2 fully saturated rings. The Morgan fingerprint density at radius 2 is 1.82 bits per heavy atom. The summed E-state index contributed by atoms with van der Waals surface area (Å²) in [7, 11) is 0. The maximum atomic E-state index is 5.99. The summed E-state index contributed by atoms with van der Waals surface area (Å²) in [5.74, 6) is 1.82. The Kier molecular flexibility index (Phi) is 4.87. The van der Waals surface area contributed by atoms with E-state index >= 15 is 0 Å². The van der Waals surface area contributed by atoms with Crippen LogP contribution in [0.2, 0.25) is 0 Å². The monoisotopic (exact) mass is 238 g/mol. The topological polar surface area (TPSA) is 29.3 Å². The van der Waals surface area contributed by atoms with Gasteiger partial charge in [0.1, 0.15) is 0 Å². The predicted octanol–water partition coefficient (Wildman–Crippen LogP) is 3.01. The van der Waals surface area contributed by atoms with E-state index < -0.39 is 0 Å². The molecule has 2 nitrogen and oxygen atoms in total. The van der Waals surface area contributed by atoms with Crippen molar-refractivity contribution < 1.29 is 0 Å². The zero-order valence-electron chi connectivity index (χ0n) is 11.7. The van der Waals surface area contributed by atoms with Crippen LogP contribution in [-0.2, 0) is 0 Å². The highest BCUT2D eigenvalue weighted by atomic mass is 15.2. The van der Waals surface area contributed by atoms with Crippen LogP contribution in [0.1, 0.15) is 58.8 Å². The number of nitrogens with zero attached hydrogens (tertiary/aromatic N) is 1. The highest BCUT2D eigenvalue weighted by Crippen LogP contribution is 2.34. The first-order chi connectivity index (χ1) is 8.22. The van der Waals surface area contributed by atoms with E-state index in [1.165, 1.54) is 51.5 Å². The minimum Gasteiger partial charge on any atom is -0.329 e. The number of hydrogen-bond acceptors (Lipinski definition) is 2. The van der Waals surface area contributed by atoms with Crippen LogP contribution in [0, 0.1) is 11.8 Å². The van der Waals surface area contributed by atoms with Crippen LogP contribution >= 0.6 is 0 Å². The summed E-state index contributed by atoms with van der Waals surface area (Å²) in [5, 5.41) is 0. The Labute approximate surface area is 107 Å². The molecule has 1 saturated carbocycles. The zero-order valence-corrected chi connectivity index (χ0v) is 11.7. The largest absolute Gasteiger partial charge is 0.329 e. The van der Waals surface area contributed by atoms with Crippen molar-refractivity contribution in [2.24, 2.45) is 17.6 Å². The molecular formula is C15H30N2. The molecule has 0 amide bonds. The Hall–Kier alpha value is -0.0800. The fraction of sp³-hybridized carbons (Fsp3) is 1.00. The first kappa shape index (κ1) is 13.4. The molecule has 4 unspecified atom stereocenters. The van der Waals surface area contributed by atoms with Crippen LogP contribution in [0.4, 0.5) is 0 Å². The van der Waals surface area contributed by atoms with Gasteiger partial charge in [-0.15, -0.1) is 0 Å². The van der Waals surface area contributed by atoms with E-state index in [4.69, 9.17) is 5.73 Å². The molecule has 0 aromatic heterocycles. The Balaban J connectivity index is 1.98. The van der Waals surface area contributed by atoms with E-state index in [9.17, 15) is 0 Å². The van der Waals surface area contributed by atoms with E-state index in [1.54, 1.807) is 0 Å². The lowest BCUT2D eigenvalue weighted by Crippen LogP contribution is -2.48. The smallest absolute Gasteiger partial charge is 0.0221 e. The zero-order chi connectivity index (χ0) is 12.3. The molecule has 2 heteroatoms. The molecule has 1 saturated heterocycles. The molecule has 0 spiro atoms. The lowest BCUT2D eigenvalue weighted by Gasteiger charge is -2.42. The van der Waals surface area contributed by atoms with Crippen LogP contribution < -0.4 is 5.73 Å². The minimum absolute atomic E-state index is 0.670.